The van der Waals surface area contributed by atoms with Gasteiger partial charge in [-0.3, -0.25) is 14.9 Å². The van der Waals surface area contributed by atoms with Crippen LogP contribution in [0.4, 0.5) is 11.4 Å². The Morgan fingerprint density at radius 2 is 2.10 bits per heavy atom. The Kier molecular flexibility index (Phi) is 4.45. The normalized spacial score (nSPS) is 15.9. The van der Waals surface area contributed by atoms with Crippen LogP contribution in [0.3, 0.4) is 0 Å². The first kappa shape index (κ1) is 15.3. The van der Waals surface area contributed by atoms with Crippen molar-refractivity contribution >= 4 is 17.3 Å². The largest absolute Gasteiger partial charge is 0.385 e. The summed E-state index contributed by atoms with van der Waals surface area (Å²) in [4.78, 5) is 22.9. The lowest BCUT2D eigenvalue weighted by Gasteiger charge is -2.42. The number of rotatable bonds is 6. The highest BCUT2D eigenvalue weighted by Crippen LogP contribution is 2.35. The molecule has 1 aliphatic carbocycles. The van der Waals surface area contributed by atoms with Gasteiger partial charge in [0.05, 0.1) is 10.5 Å². The van der Waals surface area contributed by atoms with Gasteiger partial charge >= 0.3 is 0 Å². The lowest BCUT2D eigenvalue weighted by molar-refractivity contribution is -0.384. The number of hydrogen-bond donors (Lipinski definition) is 2. The van der Waals surface area contributed by atoms with Crippen molar-refractivity contribution in [2.45, 2.75) is 45.1 Å². The predicted molar refractivity (Wildman–Crippen MR) is 81.6 cm³/mol. The van der Waals surface area contributed by atoms with E-state index in [0.717, 1.165) is 25.7 Å². The Labute approximate surface area is 124 Å². The highest BCUT2D eigenvalue weighted by atomic mass is 16.6. The summed E-state index contributed by atoms with van der Waals surface area (Å²) < 4.78 is 0. The average molecular weight is 291 g/mol. The molecule has 0 aromatic heterocycles. The predicted octanol–water partition coefficient (Wildman–Crippen LogP) is 3.09. The fourth-order valence-electron chi connectivity index (χ4n) is 2.66. The summed E-state index contributed by atoms with van der Waals surface area (Å²) in [5.41, 5.74) is 0.767. The van der Waals surface area contributed by atoms with E-state index in [-0.39, 0.29) is 17.1 Å². The quantitative estimate of drug-likeness (QED) is 0.623. The van der Waals surface area contributed by atoms with Crippen molar-refractivity contribution in [1.29, 1.82) is 0 Å². The number of nitro groups is 1. The molecule has 1 amide bonds. The molecule has 21 heavy (non-hydrogen) atoms. The molecule has 0 bridgehead atoms. The number of carbonyl (C=O) groups is 1. The van der Waals surface area contributed by atoms with Crippen LogP contribution in [0.15, 0.2) is 18.2 Å². The van der Waals surface area contributed by atoms with Crippen molar-refractivity contribution < 1.29 is 9.72 Å². The van der Waals surface area contributed by atoms with Gasteiger partial charge in [-0.25, -0.2) is 0 Å². The molecule has 1 fully saturated rings. The molecular formula is C15H21N3O3. The Morgan fingerprint density at radius 3 is 2.57 bits per heavy atom. The van der Waals surface area contributed by atoms with E-state index in [9.17, 15) is 14.9 Å². The number of nitro benzene ring substituents is 1. The lowest BCUT2D eigenvalue weighted by atomic mass is 9.74. The third-order valence-corrected chi connectivity index (χ3v) is 4.19. The third-order valence-electron chi connectivity index (χ3n) is 4.19. The van der Waals surface area contributed by atoms with E-state index in [1.807, 2.05) is 6.92 Å². The number of amides is 1. The average Bonchev–Trinajstić information content (AvgIpc) is 2.43. The molecule has 1 saturated carbocycles. The summed E-state index contributed by atoms with van der Waals surface area (Å²) >= 11 is 0. The number of non-ortho nitro benzene ring substituents is 1. The van der Waals surface area contributed by atoms with Gasteiger partial charge in [-0.05, 0) is 38.7 Å². The summed E-state index contributed by atoms with van der Waals surface area (Å²) in [6.45, 7) is 4.62. The van der Waals surface area contributed by atoms with Crippen molar-refractivity contribution in [2.24, 2.45) is 0 Å². The number of hydrogen-bond acceptors (Lipinski definition) is 4. The van der Waals surface area contributed by atoms with E-state index >= 15 is 0 Å². The Bertz CT molecular complexity index is 548. The molecule has 0 unspecified atom stereocenters. The van der Waals surface area contributed by atoms with E-state index in [2.05, 4.69) is 17.6 Å². The third kappa shape index (κ3) is 3.15. The van der Waals surface area contributed by atoms with Crippen LogP contribution in [0.5, 0.6) is 0 Å². The number of nitrogens with one attached hydrogen (secondary N) is 2. The molecule has 1 aromatic rings. The Morgan fingerprint density at radius 1 is 1.38 bits per heavy atom. The van der Waals surface area contributed by atoms with Crippen LogP contribution in [0.25, 0.3) is 0 Å². The molecule has 0 atom stereocenters. The van der Waals surface area contributed by atoms with E-state index < -0.39 is 4.92 Å². The highest BCUT2D eigenvalue weighted by molar-refractivity contribution is 6.00. The fraction of sp³-hybridized carbons (Fsp3) is 0.533. The molecule has 114 valence electrons. The van der Waals surface area contributed by atoms with Gasteiger partial charge in [-0.1, -0.05) is 6.92 Å². The molecule has 1 aromatic carbocycles. The second-order valence-electron chi connectivity index (χ2n) is 5.46. The number of nitrogens with zero attached hydrogens (tertiary/aromatic N) is 1. The minimum Gasteiger partial charge on any atom is -0.385 e. The zero-order chi connectivity index (χ0) is 15.5. The van der Waals surface area contributed by atoms with Gasteiger partial charge in [0, 0.05) is 29.9 Å². The maximum absolute atomic E-state index is 12.5. The zero-order valence-electron chi connectivity index (χ0n) is 12.4. The molecule has 2 rings (SSSR count). The van der Waals surface area contributed by atoms with E-state index in [1.54, 1.807) is 6.07 Å². The maximum atomic E-state index is 12.5. The topological polar surface area (TPSA) is 84.3 Å². The minimum atomic E-state index is -0.481. The molecule has 0 aliphatic heterocycles. The molecular weight excluding hydrogens is 270 g/mol. The van der Waals surface area contributed by atoms with Gasteiger partial charge in [0.1, 0.15) is 0 Å². The summed E-state index contributed by atoms with van der Waals surface area (Å²) in [5.74, 6) is -0.240. The van der Waals surface area contributed by atoms with Crippen LogP contribution in [-0.4, -0.2) is 22.9 Å². The van der Waals surface area contributed by atoms with E-state index in [1.165, 1.54) is 12.1 Å². The molecule has 1 aliphatic rings. The summed E-state index contributed by atoms with van der Waals surface area (Å²) in [6.07, 6.45) is 3.94. The van der Waals surface area contributed by atoms with Crippen molar-refractivity contribution in [2.75, 3.05) is 11.9 Å². The first-order chi connectivity index (χ1) is 10.0. The number of anilines is 1. The Hall–Kier alpha value is -2.11. The molecule has 0 radical (unpaired) electrons. The van der Waals surface area contributed by atoms with E-state index in [4.69, 9.17) is 0 Å². The summed E-state index contributed by atoms with van der Waals surface area (Å²) in [6, 6.07) is 4.35. The monoisotopic (exact) mass is 291 g/mol. The van der Waals surface area contributed by atoms with Gasteiger partial charge in [-0.2, -0.15) is 0 Å². The highest BCUT2D eigenvalue weighted by Gasteiger charge is 2.37. The van der Waals surface area contributed by atoms with Crippen LogP contribution >= 0.6 is 0 Å². The molecule has 6 nitrogen and oxygen atoms in total. The smallest absolute Gasteiger partial charge is 0.270 e. The van der Waals surface area contributed by atoms with Gasteiger partial charge in [0.15, 0.2) is 0 Å². The first-order valence-electron chi connectivity index (χ1n) is 7.36. The zero-order valence-corrected chi connectivity index (χ0v) is 12.4. The van der Waals surface area contributed by atoms with Crippen molar-refractivity contribution in [3.63, 3.8) is 0 Å². The van der Waals surface area contributed by atoms with Gasteiger partial charge in [-0.15, -0.1) is 0 Å². The van der Waals surface area contributed by atoms with E-state index in [0.29, 0.717) is 17.8 Å². The number of carbonyl (C=O) groups excluding carboxylic acids is 1. The minimum absolute atomic E-state index is 0.0686. The summed E-state index contributed by atoms with van der Waals surface area (Å²) in [7, 11) is 0. The molecule has 6 heteroatoms. The second kappa shape index (κ2) is 6.11. The van der Waals surface area contributed by atoms with Crippen molar-refractivity contribution in [3.8, 4) is 0 Å². The van der Waals surface area contributed by atoms with Crippen LogP contribution in [0.1, 0.15) is 49.9 Å². The maximum Gasteiger partial charge on any atom is 0.270 e. The molecule has 0 spiro atoms. The van der Waals surface area contributed by atoms with Gasteiger partial charge < -0.3 is 10.6 Å². The molecule has 0 heterocycles. The van der Waals surface area contributed by atoms with Crippen LogP contribution < -0.4 is 10.6 Å². The first-order valence-corrected chi connectivity index (χ1v) is 7.36. The van der Waals surface area contributed by atoms with Gasteiger partial charge in [0.2, 0.25) is 0 Å². The van der Waals surface area contributed by atoms with Crippen LogP contribution in [-0.2, 0) is 0 Å². The molecule has 0 saturated heterocycles. The van der Waals surface area contributed by atoms with Crippen molar-refractivity contribution in [3.05, 3.63) is 33.9 Å². The lowest BCUT2D eigenvalue weighted by Crippen LogP contribution is -2.53. The molecule has 2 N–H and O–H groups in total. The second-order valence-corrected chi connectivity index (χ2v) is 5.46. The summed E-state index contributed by atoms with van der Waals surface area (Å²) in [5, 5.41) is 17.0. The SMILES string of the molecule is CCNc1ccc([N+](=O)[O-])cc1C(=O)NC1(CC)CCC1. The van der Waals surface area contributed by atoms with Crippen LogP contribution in [0, 0.1) is 10.1 Å². The van der Waals surface area contributed by atoms with Crippen LogP contribution in [0.2, 0.25) is 0 Å². The fourth-order valence-corrected chi connectivity index (χ4v) is 2.66. The standard InChI is InChI=1S/C15H21N3O3/c1-3-15(8-5-9-15)17-14(19)12-10-11(18(20)21)6-7-13(12)16-4-2/h6-7,10,16H,3-5,8-9H2,1-2H3,(H,17,19). The Balaban J connectivity index is 2.28. The van der Waals surface area contributed by atoms with Crippen molar-refractivity contribution in [1.82, 2.24) is 5.32 Å². The number of benzene rings is 1. The van der Waals surface area contributed by atoms with Gasteiger partial charge in [0.25, 0.3) is 11.6 Å².